The molecule has 1 nitrogen and oxygen atoms in total. The fourth-order valence-corrected chi connectivity index (χ4v) is 2.68. The van der Waals surface area contributed by atoms with E-state index in [1.165, 1.54) is 0 Å². The number of alkyl halides is 1. The van der Waals surface area contributed by atoms with Gasteiger partial charge in [0.05, 0.1) is 11.9 Å². The average molecular weight is 346 g/mol. The van der Waals surface area contributed by atoms with Crippen LogP contribution in [0.25, 0.3) is 0 Å². The largest absolute Gasteiger partial charge is 0.496 e. The summed E-state index contributed by atoms with van der Waals surface area (Å²) in [6.07, 6.45) is 0. The summed E-state index contributed by atoms with van der Waals surface area (Å²) in [6.45, 7) is 0. The van der Waals surface area contributed by atoms with Crippen molar-refractivity contribution in [2.75, 3.05) is 7.11 Å². The molecule has 0 heterocycles. The molecule has 0 aliphatic carbocycles. The van der Waals surface area contributed by atoms with Gasteiger partial charge in [-0.2, -0.15) is 0 Å². The molecule has 0 bridgehead atoms. The highest BCUT2D eigenvalue weighted by atomic mass is 79.9. The minimum absolute atomic E-state index is 0.0171. The van der Waals surface area contributed by atoms with Crippen LogP contribution in [0.15, 0.2) is 42.5 Å². The number of ether oxygens (including phenoxy) is 1. The smallest absolute Gasteiger partial charge is 0.123 e. The molecule has 0 fully saturated rings. The van der Waals surface area contributed by atoms with Crippen LogP contribution in [0.3, 0.4) is 0 Å². The van der Waals surface area contributed by atoms with Gasteiger partial charge in [-0.1, -0.05) is 51.3 Å². The number of methoxy groups -OCH3 is 1. The molecule has 0 aromatic heterocycles. The van der Waals surface area contributed by atoms with Crippen molar-refractivity contribution < 1.29 is 4.74 Å². The van der Waals surface area contributed by atoms with Gasteiger partial charge in [-0.25, -0.2) is 0 Å². The van der Waals surface area contributed by atoms with Gasteiger partial charge in [0.1, 0.15) is 5.75 Å². The lowest BCUT2D eigenvalue weighted by atomic mass is 10.0. The summed E-state index contributed by atoms with van der Waals surface area (Å²) < 4.78 is 5.35. The Morgan fingerprint density at radius 1 is 1.00 bits per heavy atom. The second-order valence-electron chi connectivity index (χ2n) is 3.80. The fourth-order valence-electron chi connectivity index (χ4n) is 1.71. The van der Waals surface area contributed by atoms with E-state index in [1.807, 2.05) is 42.5 Å². The van der Waals surface area contributed by atoms with E-state index >= 15 is 0 Å². The van der Waals surface area contributed by atoms with Crippen molar-refractivity contribution in [1.82, 2.24) is 0 Å². The van der Waals surface area contributed by atoms with E-state index in [1.54, 1.807) is 7.11 Å². The molecule has 0 aliphatic heterocycles. The van der Waals surface area contributed by atoms with Gasteiger partial charge in [-0.05, 0) is 35.9 Å². The molecule has 2 aromatic carbocycles. The van der Waals surface area contributed by atoms with Crippen molar-refractivity contribution >= 4 is 39.1 Å². The summed E-state index contributed by atoms with van der Waals surface area (Å²) in [4.78, 5) is 0.0171. The standard InChI is InChI=1S/C14H11BrCl2O/c1-18-13-7-6-11(17)8-12(13)14(15)9-2-4-10(16)5-3-9/h2-8,14H,1H3. The molecule has 0 aliphatic rings. The quantitative estimate of drug-likeness (QED) is 0.668. The van der Waals surface area contributed by atoms with E-state index < -0.39 is 0 Å². The van der Waals surface area contributed by atoms with Gasteiger partial charge in [0.15, 0.2) is 0 Å². The van der Waals surface area contributed by atoms with Crippen LogP contribution in [0.2, 0.25) is 10.0 Å². The fraction of sp³-hybridized carbons (Fsp3) is 0.143. The third kappa shape index (κ3) is 3.00. The van der Waals surface area contributed by atoms with E-state index in [9.17, 15) is 0 Å². The Morgan fingerprint density at radius 3 is 2.22 bits per heavy atom. The first-order chi connectivity index (χ1) is 8.61. The number of halogens is 3. The maximum Gasteiger partial charge on any atom is 0.123 e. The molecule has 0 saturated heterocycles. The minimum Gasteiger partial charge on any atom is -0.496 e. The monoisotopic (exact) mass is 344 g/mol. The zero-order valence-electron chi connectivity index (χ0n) is 9.66. The van der Waals surface area contributed by atoms with E-state index in [4.69, 9.17) is 27.9 Å². The maximum absolute atomic E-state index is 6.03. The number of hydrogen-bond donors (Lipinski definition) is 0. The lowest BCUT2D eigenvalue weighted by Gasteiger charge is -2.15. The van der Waals surface area contributed by atoms with Crippen molar-refractivity contribution in [3.63, 3.8) is 0 Å². The van der Waals surface area contributed by atoms with E-state index in [2.05, 4.69) is 15.9 Å². The van der Waals surface area contributed by atoms with E-state index in [0.29, 0.717) is 5.02 Å². The second kappa shape index (κ2) is 5.96. The highest BCUT2D eigenvalue weighted by Crippen LogP contribution is 2.38. The molecule has 0 amide bonds. The number of benzene rings is 2. The molecular weight excluding hydrogens is 335 g/mol. The van der Waals surface area contributed by atoms with Crippen LogP contribution >= 0.6 is 39.1 Å². The van der Waals surface area contributed by atoms with Crippen molar-refractivity contribution in [2.45, 2.75) is 4.83 Å². The molecular formula is C14H11BrCl2O. The zero-order chi connectivity index (χ0) is 13.1. The molecule has 2 aromatic rings. The van der Waals surface area contributed by atoms with Crippen LogP contribution in [-0.2, 0) is 0 Å². The Bertz CT molecular complexity index is 540. The summed E-state index contributed by atoms with van der Waals surface area (Å²) in [5, 5.41) is 1.40. The van der Waals surface area contributed by atoms with E-state index in [-0.39, 0.29) is 4.83 Å². The highest BCUT2D eigenvalue weighted by Gasteiger charge is 2.15. The molecule has 94 valence electrons. The SMILES string of the molecule is COc1ccc(Cl)cc1C(Br)c1ccc(Cl)cc1. The number of hydrogen-bond acceptors (Lipinski definition) is 1. The first-order valence-corrected chi connectivity index (χ1v) is 7.02. The molecule has 0 spiro atoms. The molecule has 18 heavy (non-hydrogen) atoms. The summed E-state index contributed by atoms with van der Waals surface area (Å²) in [5.41, 5.74) is 2.09. The van der Waals surface area contributed by atoms with Crippen molar-refractivity contribution in [3.8, 4) is 5.75 Å². The van der Waals surface area contributed by atoms with Crippen molar-refractivity contribution in [3.05, 3.63) is 63.6 Å². The number of rotatable bonds is 3. The molecule has 1 atom stereocenters. The van der Waals surface area contributed by atoms with Gasteiger partial charge >= 0.3 is 0 Å². The molecule has 1 unspecified atom stereocenters. The summed E-state index contributed by atoms with van der Waals surface area (Å²) in [6, 6.07) is 13.2. The van der Waals surface area contributed by atoms with Crippen LogP contribution in [-0.4, -0.2) is 7.11 Å². The van der Waals surface area contributed by atoms with Gasteiger partial charge < -0.3 is 4.74 Å². The molecule has 0 radical (unpaired) electrons. The highest BCUT2D eigenvalue weighted by molar-refractivity contribution is 9.09. The van der Waals surface area contributed by atoms with Gasteiger partial charge in [-0.3, -0.25) is 0 Å². The Kier molecular flexibility index (Phi) is 4.55. The van der Waals surface area contributed by atoms with Crippen molar-refractivity contribution in [2.24, 2.45) is 0 Å². The summed E-state index contributed by atoms with van der Waals surface area (Å²) >= 11 is 15.6. The Balaban J connectivity index is 2.41. The van der Waals surface area contributed by atoms with Crippen LogP contribution in [0, 0.1) is 0 Å². The lowest BCUT2D eigenvalue weighted by Crippen LogP contribution is -1.97. The average Bonchev–Trinajstić information content (AvgIpc) is 2.39. The third-order valence-electron chi connectivity index (χ3n) is 2.63. The molecule has 2 rings (SSSR count). The first-order valence-electron chi connectivity index (χ1n) is 5.35. The second-order valence-corrected chi connectivity index (χ2v) is 5.59. The van der Waals surface area contributed by atoms with Gasteiger partial charge in [0.2, 0.25) is 0 Å². The normalized spacial score (nSPS) is 12.2. The topological polar surface area (TPSA) is 9.23 Å². The maximum atomic E-state index is 6.03. The Hall–Kier alpha value is -0.700. The molecule has 4 heteroatoms. The molecule has 0 N–H and O–H groups in total. The minimum atomic E-state index is 0.0171. The molecule has 0 saturated carbocycles. The van der Waals surface area contributed by atoms with Crippen LogP contribution in [0.4, 0.5) is 0 Å². The van der Waals surface area contributed by atoms with Gasteiger partial charge in [0, 0.05) is 15.6 Å². The predicted octanol–water partition coefficient (Wildman–Crippen LogP) is 5.49. The summed E-state index contributed by atoms with van der Waals surface area (Å²) in [5.74, 6) is 0.802. The third-order valence-corrected chi connectivity index (χ3v) is 4.14. The summed E-state index contributed by atoms with van der Waals surface area (Å²) in [7, 11) is 1.65. The predicted molar refractivity (Wildman–Crippen MR) is 80.2 cm³/mol. The van der Waals surface area contributed by atoms with E-state index in [0.717, 1.165) is 21.9 Å². The van der Waals surface area contributed by atoms with Gasteiger partial charge in [0.25, 0.3) is 0 Å². The Morgan fingerprint density at radius 2 is 1.61 bits per heavy atom. The van der Waals surface area contributed by atoms with Crippen LogP contribution in [0.1, 0.15) is 16.0 Å². The van der Waals surface area contributed by atoms with Gasteiger partial charge in [-0.15, -0.1) is 0 Å². The van der Waals surface area contributed by atoms with Crippen molar-refractivity contribution in [1.29, 1.82) is 0 Å². The first kappa shape index (κ1) is 13.7. The zero-order valence-corrected chi connectivity index (χ0v) is 12.8. The van der Waals surface area contributed by atoms with Crippen LogP contribution < -0.4 is 4.74 Å². The Labute approximate surface area is 125 Å². The van der Waals surface area contributed by atoms with Crippen LogP contribution in [0.5, 0.6) is 5.75 Å². The lowest BCUT2D eigenvalue weighted by molar-refractivity contribution is 0.410.